The summed E-state index contributed by atoms with van der Waals surface area (Å²) in [7, 11) is 1.57. The average Bonchev–Trinajstić information content (AvgIpc) is 3.28. The number of rotatable bonds is 5. The number of para-hydroxylation sites is 1. The van der Waals surface area contributed by atoms with Crippen LogP contribution in [0.2, 0.25) is 0 Å². The van der Waals surface area contributed by atoms with Crippen molar-refractivity contribution in [1.82, 2.24) is 0 Å². The van der Waals surface area contributed by atoms with Gasteiger partial charge < -0.3 is 19.9 Å². The van der Waals surface area contributed by atoms with Gasteiger partial charge in [-0.2, -0.15) is 0 Å². The molecule has 1 aliphatic carbocycles. The zero-order valence-electron chi connectivity index (χ0n) is 16.9. The first-order valence-electron chi connectivity index (χ1n) is 10.3. The Labute approximate surface area is 176 Å². The number of allylic oxidation sites excluding steroid dienone is 2. The summed E-state index contributed by atoms with van der Waals surface area (Å²) in [4.78, 5) is 0. The van der Waals surface area contributed by atoms with Crippen LogP contribution in [0.25, 0.3) is 0 Å². The Kier molecular flexibility index (Phi) is 4.83. The lowest BCUT2D eigenvalue weighted by Crippen LogP contribution is -2.29. The molecule has 152 valence electrons. The van der Waals surface area contributed by atoms with Crippen molar-refractivity contribution in [2.24, 2.45) is 5.92 Å². The van der Waals surface area contributed by atoms with Crippen molar-refractivity contribution in [2.75, 3.05) is 12.4 Å². The van der Waals surface area contributed by atoms with Gasteiger partial charge in [-0.15, -0.1) is 0 Å². The number of hydrogen-bond donors (Lipinski definition) is 2. The first-order chi connectivity index (χ1) is 14.7. The summed E-state index contributed by atoms with van der Waals surface area (Å²) in [6.45, 7) is 0.525. The Hall–Kier alpha value is -3.40. The van der Waals surface area contributed by atoms with Crippen LogP contribution >= 0.6 is 0 Å². The number of phenols is 1. The smallest absolute Gasteiger partial charge is 0.160 e. The zero-order valence-corrected chi connectivity index (χ0v) is 16.9. The van der Waals surface area contributed by atoms with Crippen LogP contribution in [0, 0.1) is 5.92 Å². The minimum Gasteiger partial charge on any atom is -0.504 e. The lowest BCUT2D eigenvalue weighted by atomic mass is 9.77. The molecule has 4 nitrogen and oxygen atoms in total. The highest BCUT2D eigenvalue weighted by molar-refractivity contribution is 5.68. The maximum Gasteiger partial charge on any atom is 0.160 e. The van der Waals surface area contributed by atoms with Crippen molar-refractivity contribution in [3.8, 4) is 17.2 Å². The van der Waals surface area contributed by atoms with Crippen LogP contribution < -0.4 is 14.8 Å². The highest BCUT2D eigenvalue weighted by Gasteiger charge is 2.39. The van der Waals surface area contributed by atoms with Gasteiger partial charge in [0.2, 0.25) is 0 Å². The Morgan fingerprint density at radius 2 is 1.87 bits per heavy atom. The molecule has 2 N–H and O–H groups in total. The third-order valence-corrected chi connectivity index (χ3v) is 6.16. The molecule has 3 aromatic carbocycles. The van der Waals surface area contributed by atoms with Gasteiger partial charge >= 0.3 is 0 Å². The van der Waals surface area contributed by atoms with E-state index in [4.69, 9.17) is 9.47 Å². The molecule has 3 aromatic rings. The monoisotopic (exact) mass is 399 g/mol. The SMILES string of the molecule is COc1ccc(C2Nc3c(OCc4ccccc4)cccc3C3C=CCC32)cc1O. The number of aromatic hydroxyl groups is 1. The Morgan fingerprint density at radius 1 is 1.00 bits per heavy atom. The molecule has 3 atom stereocenters. The number of benzene rings is 3. The maximum atomic E-state index is 10.3. The van der Waals surface area contributed by atoms with E-state index in [1.54, 1.807) is 7.11 Å². The Morgan fingerprint density at radius 3 is 2.67 bits per heavy atom. The summed E-state index contributed by atoms with van der Waals surface area (Å²) in [5, 5.41) is 14.1. The van der Waals surface area contributed by atoms with Gasteiger partial charge in [0.1, 0.15) is 12.4 Å². The molecule has 0 aromatic heterocycles. The number of methoxy groups -OCH3 is 1. The molecule has 1 heterocycles. The van der Waals surface area contributed by atoms with Crippen LogP contribution in [0.5, 0.6) is 17.2 Å². The van der Waals surface area contributed by atoms with Gasteiger partial charge in [-0.1, -0.05) is 60.7 Å². The van der Waals surface area contributed by atoms with E-state index in [9.17, 15) is 5.11 Å². The van der Waals surface area contributed by atoms with E-state index in [1.165, 1.54) is 5.56 Å². The second-order valence-electron chi connectivity index (χ2n) is 7.90. The molecule has 30 heavy (non-hydrogen) atoms. The molecule has 1 aliphatic heterocycles. The van der Waals surface area contributed by atoms with Crippen molar-refractivity contribution in [3.63, 3.8) is 0 Å². The van der Waals surface area contributed by atoms with Crippen molar-refractivity contribution in [3.05, 3.63) is 95.6 Å². The standard InChI is InChI=1S/C26H25NO3/c1-29-23-14-13-18(15-22(23)28)25-20-10-5-9-19(20)21-11-6-12-24(26(21)27-25)30-16-17-7-3-2-4-8-17/h2-9,11-15,19-20,25,27-28H,10,16H2,1H3. The Bertz CT molecular complexity index is 1080. The third-order valence-electron chi connectivity index (χ3n) is 6.16. The fraction of sp³-hybridized carbons (Fsp3) is 0.231. The normalized spacial score (nSPS) is 21.4. The van der Waals surface area contributed by atoms with Gasteiger partial charge in [-0.25, -0.2) is 0 Å². The summed E-state index contributed by atoms with van der Waals surface area (Å²) in [6.07, 6.45) is 5.57. The average molecular weight is 399 g/mol. The van der Waals surface area contributed by atoms with E-state index in [-0.39, 0.29) is 11.8 Å². The molecule has 0 bridgehead atoms. The molecule has 2 aliphatic rings. The van der Waals surface area contributed by atoms with Gasteiger partial charge in [0.15, 0.2) is 11.5 Å². The van der Waals surface area contributed by atoms with Crippen LogP contribution in [0.1, 0.15) is 35.1 Å². The zero-order chi connectivity index (χ0) is 20.5. The number of anilines is 1. The van der Waals surface area contributed by atoms with Gasteiger partial charge in [0.05, 0.1) is 18.8 Å². The summed E-state index contributed by atoms with van der Waals surface area (Å²) in [5.74, 6) is 2.24. The first kappa shape index (κ1) is 18.6. The molecular weight excluding hydrogens is 374 g/mol. The van der Waals surface area contributed by atoms with E-state index in [2.05, 4.69) is 41.7 Å². The van der Waals surface area contributed by atoms with E-state index in [1.807, 2.05) is 42.5 Å². The minimum atomic E-state index is 0.0794. The third kappa shape index (κ3) is 3.28. The summed E-state index contributed by atoms with van der Waals surface area (Å²) in [5.41, 5.74) is 4.51. The topological polar surface area (TPSA) is 50.7 Å². The van der Waals surface area contributed by atoms with Crippen LogP contribution in [0.15, 0.2) is 78.9 Å². The van der Waals surface area contributed by atoms with Gasteiger partial charge in [-0.05, 0) is 47.2 Å². The fourth-order valence-electron chi connectivity index (χ4n) is 4.68. The quantitative estimate of drug-likeness (QED) is 0.532. The second kappa shape index (κ2) is 7.79. The molecule has 0 saturated carbocycles. The van der Waals surface area contributed by atoms with Gasteiger partial charge in [0, 0.05) is 5.92 Å². The van der Waals surface area contributed by atoms with Crippen LogP contribution in [-0.2, 0) is 6.61 Å². The highest BCUT2D eigenvalue weighted by atomic mass is 16.5. The molecule has 5 rings (SSSR count). The molecular formula is C26H25NO3. The molecule has 0 amide bonds. The Balaban J connectivity index is 1.49. The molecule has 0 fully saturated rings. The molecule has 0 radical (unpaired) electrons. The molecule has 0 saturated heterocycles. The van der Waals surface area contributed by atoms with Crippen LogP contribution in [-0.4, -0.2) is 12.2 Å². The number of hydrogen-bond acceptors (Lipinski definition) is 4. The minimum absolute atomic E-state index is 0.0794. The van der Waals surface area contributed by atoms with E-state index in [0.29, 0.717) is 24.2 Å². The van der Waals surface area contributed by atoms with Crippen LogP contribution in [0.3, 0.4) is 0 Å². The summed E-state index contributed by atoms with van der Waals surface area (Å²) < 4.78 is 11.4. The first-order valence-corrected chi connectivity index (χ1v) is 10.3. The van der Waals surface area contributed by atoms with Crippen molar-refractivity contribution < 1.29 is 14.6 Å². The maximum absolute atomic E-state index is 10.3. The lowest BCUT2D eigenvalue weighted by molar-refractivity contribution is 0.304. The van der Waals surface area contributed by atoms with Crippen molar-refractivity contribution in [1.29, 1.82) is 0 Å². The second-order valence-corrected chi connectivity index (χ2v) is 7.90. The lowest BCUT2D eigenvalue weighted by Gasteiger charge is -2.38. The molecule has 3 unspecified atom stereocenters. The highest BCUT2D eigenvalue weighted by Crippen LogP contribution is 2.52. The van der Waals surface area contributed by atoms with E-state index in [0.717, 1.165) is 29.0 Å². The molecule has 4 heteroatoms. The number of ether oxygens (including phenoxy) is 2. The van der Waals surface area contributed by atoms with Crippen molar-refractivity contribution >= 4 is 5.69 Å². The predicted octanol–water partition coefficient (Wildman–Crippen LogP) is 5.81. The van der Waals surface area contributed by atoms with E-state index < -0.39 is 0 Å². The summed E-state index contributed by atoms with van der Waals surface area (Å²) in [6, 6.07) is 22.2. The number of nitrogens with one attached hydrogen (secondary N) is 1. The van der Waals surface area contributed by atoms with Crippen LogP contribution in [0.4, 0.5) is 5.69 Å². The van der Waals surface area contributed by atoms with E-state index >= 15 is 0 Å². The largest absolute Gasteiger partial charge is 0.504 e. The number of phenolic OH excluding ortho intramolecular Hbond substituents is 1. The fourth-order valence-corrected chi connectivity index (χ4v) is 4.68. The summed E-state index contributed by atoms with van der Waals surface area (Å²) >= 11 is 0. The number of fused-ring (bicyclic) bond motifs is 3. The molecule has 0 spiro atoms. The van der Waals surface area contributed by atoms with Gasteiger partial charge in [-0.3, -0.25) is 0 Å². The predicted molar refractivity (Wildman–Crippen MR) is 118 cm³/mol. The van der Waals surface area contributed by atoms with Gasteiger partial charge in [0.25, 0.3) is 0 Å². The van der Waals surface area contributed by atoms with Crippen molar-refractivity contribution in [2.45, 2.75) is 25.0 Å².